The molecular weight excluding hydrogens is 336 g/mol. The maximum Gasteiger partial charge on any atom is 0.196 e. The van der Waals surface area contributed by atoms with Gasteiger partial charge in [-0.25, -0.2) is 0 Å². The molecule has 0 radical (unpaired) electrons. The van der Waals surface area contributed by atoms with Crippen molar-refractivity contribution in [2.75, 3.05) is 0 Å². The second-order valence-corrected chi connectivity index (χ2v) is 8.23. The van der Waals surface area contributed by atoms with Gasteiger partial charge in [-0.15, -0.1) is 22.7 Å². The first-order valence-electron chi connectivity index (χ1n) is 7.63. The second kappa shape index (κ2) is 5.65. The predicted octanol–water partition coefficient (Wildman–Crippen LogP) is 5.12. The molecule has 24 heavy (non-hydrogen) atoms. The van der Waals surface area contributed by atoms with E-state index in [9.17, 15) is 9.59 Å². The van der Waals surface area contributed by atoms with Crippen molar-refractivity contribution in [3.63, 3.8) is 0 Å². The Hall–Kier alpha value is -2.30. The van der Waals surface area contributed by atoms with E-state index in [1.807, 2.05) is 62.4 Å². The third-order valence-electron chi connectivity index (χ3n) is 4.20. The third-order valence-corrected chi connectivity index (χ3v) is 6.37. The maximum atomic E-state index is 13.1. The Kier molecular flexibility index (Phi) is 3.59. The molecule has 2 nitrogen and oxygen atoms in total. The van der Waals surface area contributed by atoms with Crippen molar-refractivity contribution in [1.29, 1.82) is 0 Å². The van der Waals surface area contributed by atoms with Crippen LogP contribution in [0.25, 0.3) is 31.3 Å². The highest BCUT2D eigenvalue weighted by atomic mass is 32.1. The summed E-state index contributed by atoms with van der Waals surface area (Å²) in [5, 5.41) is 1.36. The standard InChI is InChI=1S/C20H14O2S2/c1-11-17(19(21)13-7-3-5-9-15(13)23-11)18-12(2)24-16-10-6-4-8-14(16)20(18)22/h3-10H,1-2H3. The zero-order valence-electron chi connectivity index (χ0n) is 13.3. The normalized spacial score (nSPS) is 11.2. The highest BCUT2D eigenvalue weighted by molar-refractivity contribution is 7.19. The summed E-state index contributed by atoms with van der Waals surface area (Å²) in [6, 6.07) is 15.2. The summed E-state index contributed by atoms with van der Waals surface area (Å²) < 4.78 is 1.91. The first-order chi connectivity index (χ1) is 11.6. The van der Waals surface area contributed by atoms with Crippen molar-refractivity contribution >= 4 is 42.8 Å². The highest BCUT2D eigenvalue weighted by Crippen LogP contribution is 2.31. The Labute approximate surface area is 146 Å². The van der Waals surface area contributed by atoms with Gasteiger partial charge in [-0.3, -0.25) is 9.59 Å². The molecule has 0 atom stereocenters. The fourth-order valence-electron chi connectivity index (χ4n) is 3.09. The average Bonchev–Trinajstić information content (AvgIpc) is 2.57. The third kappa shape index (κ3) is 2.22. The molecule has 0 saturated heterocycles. The van der Waals surface area contributed by atoms with Crippen molar-refractivity contribution in [1.82, 2.24) is 0 Å². The van der Waals surface area contributed by atoms with E-state index in [0.29, 0.717) is 21.9 Å². The summed E-state index contributed by atoms with van der Waals surface area (Å²) in [4.78, 5) is 27.9. The zero-order chi connectivity index (χ0) is 16.8. The lowest BCUT2D eigenvalue weighted by Crippen LogP contribution is -2.14. The van der Waals surface area contributed by atoms with E-state index >= 15 is 0 Å². The quantitative estimate of drug-likeness (QED) is 0.477. The molecule has 0 amide bonds. The number of benzene rings is 2. The van der Waals surface area contributed by atoms with Gasteiger partial charge in [0.15, 0.2) is 10.9 Å². The summed E-state index contributed by atoms with van der Waals surface area (Å²) in [5.74, 6) is 0. The minimum absolute atomic E-state index is 0.0514. The van der Waals surface area contributed by atoms with E-state index in [1.54, 1.807) is 22.7 Å². The molecule has 0 aliphatic rings. The van der Waals surface area contributed by atoms with Gasteiger partial charge in [0.2, 0.25) is 0 Å². The molecule has 0 saturated carbocycles. The van der Waals surface area contributed by atoms with Crippen LogP contribution in [0.2, 0.25) is 0 Å². The number of hydrogen-bond donors (Lipinski definition) is 0. The minimum Gasteiger partial charge on any atom is -0.288 e. The molecular formula is C20H14O2S2. The van der Waals surface area contributed by atoms with Crippen LogP contribution in [0.1, 0.15) is 9.75 Å². The lowest BCUT2D eigenvalue weighted by Gasteiger charge is -2.10. The van der Waals surface area contributed by atoms with Gasteiger partial charge in [0.05, 0.1) is 0 Å². The predicted molar refractivity (Wildman–Crippen MR) is 105 cm³/mol. The van der Waals surface area contributed by atoms with E-state index in [1.165, 1.54) is 0 Å². The van der Waals surface area contributed by atoms with Crippen LogP contribution in [0.15, 0.2) is 58.1 Å². The molecule has 0 spiro atoms. The topological polar surface area (TPSA) is 34.1 Å². The molecule has 0 fully saturated rings. The Balaban J connectivity index is 2.18. The molecule has 4 rings (SSSR count). The number of rotatable bonds is 1. The molecule has 0 N–H and O–H groups in total. The fourth-order valence-corrected chi connectivity index (χ4v) is 5.17. The lowest BCUT2D eigenvalue weighted by molar-refractivity contribution is 1.48. The molecule has 0 aliphatic carbocycles. The van der Waals surface area contributed by atoms with Crippen LogP contribution in [0.4, 0.5) is 0 Å². The van der Waals surface area contributed by atoms with Crippen LogP contribution in [0, 0.1) is 13.8 Å². The molecule has 2 aromatic carbocycles. The monoisotopic (exact) mass is 350 g/mol. The van der Waals surface area contributed by atoms with E-state index in [0.717, 1.165) is 19.2 Å². The second-order valence-electron chi connectivity index (χ2n) is 5.72. The van der Waals surface area contributed by atoms with E-state index in [-0.39, 0.29) is 10.9 Å². The Bertz CT molecular complexity index is 1120. The van der Waals surface area contributed by atoms with E-state index in [2.05, 4.69) is 0 Å². The average molecular weight is 350 g/mol. The molecule has 4 heteroatoms. The van der Waals surface area contributed by atoms with Crippen molar-refractivity contribution < 1.29 is 0 Å². The molecule has 4 aromatic rings. The van der Waals surface area contributed by atoms with Gasteiger partial charge in [0.1, 0.15) is 0 Å². The molecule has 0 unspecified atom stereocenters. The van der Waals surface area contributed by atoms with Crippen LogP contribution in [-0.4, -0.2) is 0 Å². The summed E-state index contributed by atoms with van der Waals surface area (Å²) in [7, 11) is 0. The van der Waals surface area contributed by atoms with Crippen LogP contribution in [-0.2, 0) is 0 Å². The van der Waals surface area contributed by atoms with Crippen molar-refractivity contribution in [3.8, 4) is 11.1 Å². The highest BCUT2D eigenvalue weighted by Gasteiger charge is 2.18. The largest absolute Gasteiger partial charge is 0.288 e. The minimum atomic E-state index is -0.0514. The van der Waals surface area contributed by atoms with Gasteiger partial charge in [-0.2, -0.15) is 0 Å². The number of fused-ring (bicyclic) bond motifs is 2. The van der Waals surface area contributed by atoms with Crippen molar-refractivity contribution in [2.24, 2.45) is 0 Å². The molecule has 118 valence electrons. The van der Waals surface area contributed by atoms with Crippen LogP contribution < -0.4 is 10.9 Å². The van der Waals surface area contributed by atoms with Gasteiger partial charge in [-0.1, -0.05) is 24.3 Å². The first kappa shape index (κ1) is 15.2. The van der Waals surface area contributed by atoms with Gasteiger partial charge in [0, 0.05) is 41.1 Å². The van der Waals surface area contributed by atoms with Gasteiger partial charge in [0.25, 0.3) is 0 Å². The van der Waals surface area contributed by atoms with Crippen LogP contribution >= 0.6 is 22.7 Å². The van der Waals surface area contributed by atoms with Gasteiger partial charge >= 0.3 is 0 Å². The summed E-state index contributed by atoms with van der Waals surface area (Å²) >= 11 is 3.13. The molecule has 0 bridgehead atoms. The smallest absolute Gasteiger partial charge is 0.196 e. The van der Waals surface area contributed by atoms with Crippen LogP contribution in [0.5, 0.6) is 0 Å². The van der Waals surface area contributed by atoms with E-state index < -0.39 is 0 Å². The van der Waals surface area contributed by atoms with Gasteiger partial charge < -0.3 is 0 Å². The van der Waals surface area contributed by atoms with Crippen molar-refractivity contribution in [2.45, 2.75) is 13.8 Å². The van der Waals surface area contributed by atoms with Gasteiger partial charge in [-0.05, 0) is 38.1 Å². The number of aryl methyl sites for hydroxylation is 2. The van der Waals surface area contributed by atoms with Crippen molar-refractivity contribution in [3.05, 3.63) is 78.7 Å². The molecule has 0 aliphatic heterocycles. The van der Waals surface area contributed by atoms with E-state index in [4.69, 9.17) is 0 Å². The SMILES string of the molecule is Cc1sc2ccccc2c(=O)c1-c1c(C)sc2ccccc2c1=O. The Morgan fingerprint density at radius 2 is 1.00 bits per heavy atom. The maximum absolute atomic E-state index is 13.1. The summed E-state index contributed by atoms with van der Waals surface area (Å²) in [5.41, 5.74) is 1.01. The summed E-state index contributed by atoms with van der Waals surface area (Å²) in [6.07, 6.45) is 0. The lowest BCUT2D eigenvalue weighted by atomic mass is 10.0. The zero-order valence-corrected chi connectivity index (χ0v) is 14.9. The van der Waals surface area contributed by atoms with Crippen LogP contribution in [0.3, 0.4) is 0 Å². The first-order valence-corrected chi connectivity index (χ1v) is 9.26. The molecule has 2 heterocycles. The summed E-state index contributed by atoms with van der Waals surface area (Å²) in [6.45, 7) is 3.85. The Morgan fingerprint density at radius 3 is 1.42 bits per heavy atom. The Morgan fingerprint density at radius 1 is 0.625 bits per heavy atom. The fraction of sp³-hybridized carbons (Fsp3) is 0.100. The molecule has 2 aromatic heterocycles. The number of hydrogen-bond acceptors (Lipinski definition) is 4.